The van der Waals surface area contributed by atoms with Crippen LogP contribution in [-0.2, 0) is 0 Å². The standard InChI is InChI=1S/C16H22FN3O/c1-20-9-5-13(6-10-20)21-15-4-3-12(11-14(15)17)16-18-7-2-8-19-16/h3-4,11,13H,2,5-10H2,1H3,(H,18,19). The van der Waals surface area contributed by atoms with E-state index in [-0.39, 0.29) is 11.9 Å². The zero-order valence-electron chi connectivity index (χ0n) is 12.4. The first-order chi connectivity index (χ1) is 10.2. The zero-order valence-corrected chi connectivity index (χ0v) is 12.4. The predicted octanol–water partition coefficient (Wildman–Crippen LogP) is 2.04. The van der Waals surface area contributed by atoms with E-state index in [2.05, 4.69) is 22.3 Å². The lowest BCUT2D eigenvalue weighted by molar-refractivity contribution is 0.110. The first-order valence-electron chi connectivity index (χ1n) is 7.66. The van der Waals surface area contributed by atoms with Crippen molar-refractivity contribution in [2.45, 2.75) is 25.4 Å². The van der Waals surface area contributed by atoms with E-state index in [4.69, 9.17) is 4.74 Å². The summed E-state index contributed by atoms with van der Waals surface area (Å²) in [6, 6.07) is 5.12. The molecule has 0 bridgehead atoms. The molecule has 2 aliphatic rings. The van der Waals surface area contributed by atoms with Crippen LogP contribution >= 0.6 is 0 Å². The minimum absolute atomic E-state index is 0.117. The number of hydrogen-bond acceptors (Lipinski definition) is 4. The molecule has 0 amide bonds. The molecule has 4 nitrogen and oxygen atoms in total. The lowest BCUT2D eigenvalue weighted by atomic mass is 10.1. The fourth-order valence-electron chi connectivity index (χ4n) is 2.75. The van der Waals surface area contributed by atoms with Crippen LogP contribution in [0.2, 0.25) is 0 Å². The third kappa shape index (κ3) is 3.53. The molecule has 0 unspecified atom stereocenters. The monoisotopic (exact) mass is 291 g/mol. The third-order valence-corrected chi connectivity index (χ3v) is 4.06. The van der Waals surface area contributed by atoms with Gasteiger partial charge in [-0.2, -0.15) is 0 Å². The topological polar surface area (TPSA) is 36.9 Å². The Morgan fingerprint density at radius 2 is 2.14 bits per heavy atom. The van der Waals surface area contributed by atoms with Gasteiger partial charge in [0.15, 0.2) is 11.6 Å². The highest BCUT2D eigenvalue weighted by atomic mass is 19.1. The molecule has 5 heteroatoms. The van der Waals surface area contributed by atoms with Crippen LogP contribution in [0.25, 0.3) is 0 Å². The Morgan fingerprint density at radius 1 is 1.33 bits per heavy atom. The van der Waals surface area contributed by atoms with E-state index >= 15 is 0 Å². The van der Waals surface area contributed by atoms with Crippen molar-refractivity contribution in [3.63, 3.8) is 0 Å². The molecule has 2 heterocycles. The number of amidine groups is 1. The number of ether oxygens (including phenoxy) is 1. The van der Waals surface area contributed by atoms with Gasteiger partial charge in [0.05, 0.1) is 0 Å². The maximum absolute atomic E-state index is 14.2. The largest absolute Gasteiger partial charge is 0.487 e. The Hall–Kier alpha value is -1.62. The van der Waals surface area contributed by atoms with Gasteiger partial charge in [-0.15, -0.1) is 0 Å². The number of nitrogens with one attached hydrogen (secondary N) is 1. The van der Waals surface area contributed by atoms with Crippen molar-refractivity contribution in [2.75, 3.05) is 33.2 Å². The minimum atomic E-state index is -0.304. The number of halogens is 1. The van der Waals surface area contributed by atoms with Gasteiger partial charge in [-0.05, 0) is 44.5 Å². The Labute approximate surface area is 125 Å². The van der Waals surface area contributed by atoms with Crippen LogP contribution in [0.1, 0.15) is 24.8 Å². The smallest absolute Gasteiger partial charge is 0.165 e. The molecule has 0 aliphatic carbocycles. The molecule has 1 saturated heterocycles. The second-order valence-electron chi connectivity index (χ2n) is 5.78. The van der Waals surface area contributed by atoms with Crippen LogP contribution in [0.5, 0.6) is 5.75 Å². The molecule has 1 aromatic rings. The van der Waals surface area contributed by atoms with Gasteiger partial charge in [-0.25, -0.2) is 4.39 Å². The average molecular weight is 291 g/mol. The Kier molecular flexibility index (Phi) is 4.39. The fraction of sp³-hybridized carbons (Fsp3) is 0.562. The summed E-state index contributed by atoms with van der Waals surface area (Å²) in [7, 11) is 2.10. The summed E-state index contributed by atoms with van der Waals surface area (Å²) in [5, 5.41) is 3.21. The highest BCUT2D eigenvalue weighted by Gasteiger charge is 2.20. The van der Waals surface area contributed by atoms with Gasteiger partial charge in [0.1, 0.15) is 11.9 Å². The van der Waals surface area contributed by atoms with Gasteiger partial charge in [0.25, 0.3) is 0 Å². The minimum Gasteiger partial charge on any atom is -0.487 e. The quantitative estimate of drug-likeness (QED) is 0.926. The Morgan fingerprint density at radius 3 is 2.81 bits per heavy atom. The molecule has 1 fully saturated rings. The number of likely N-dealkylation sites (tertiary alicyclic amines) is 1. The third-order valence-electron chi connectivity index (χ3n) is 4.06. The van der Waals surface area contributed by atoms with Gasteiger partial charge in [-0.1, -0.05) is 0 Å². The van der Waals surface area contributed by atoms with E-state index in [0.717, 1.165) is 56.8 Å². The summed E-state index contributed by atoms with van der Waals surface area (Å²) in [6.07, 6.45) is 3.05. The maximum Gasteiger partial charge on any atom is 0.165 e. The van der Waals surface area contributed by atoms with Gasteiger partial charge in [-0.3, -0.25) is 4.99 Å². The van der Waals surface area contributed by atoms with E-state index in [9.17, 15) is 4.39 Å². The number of aliphatic imine (C=N–C) groups is 1. The lowest BCUT2D eigenvalue weighted by Gasteiger charge is -2.29. The summed E-state index contributed by atoms with van der Waals surface area (Å²) >= 11 is 0. The van der Waals surface area contributed by atoms with Crippen LogP contribution < -0.4 is 10.1 Å². The van der Waals surface area contributed by atoms with Gasteiger partial charge >= 0.3 is 0 Å². The van der Waals surface area contributed by atoms with Crippen molar-refractivity contribution in [1.82, 2.24) is 10.2 Å². The predicted molar refractivity (Wildman–Crippen MR) is 81.6 cm³/mol. The molecule has 0 saturated carbocycles. The molecule has 0 spiro atoms. The summed E-state index contributed by atoms with van der Waals surface area (Å²) in [5.41, 5.74) is 0.794. The van der Waals surface area contributed by atoms with Crippen LogP contribution in [0.4, 0.5) is 4.39 Å². The van der Waals surface area contributed by atoms with Crippen molar-refractivity contribution in [3.8, 4) is 5.75 Å². The van der Waals surface area contributed by atoms with E-state index in [0.29, 0.717) is 5.75 Å². The van der Waals surface area contributed by atoms with E-state index in [1.165, 1.54) is 6.07 Å². The zero-order chi connectivity index (χ0) is 14.7. The highest BCUT2D eigenvalue weighted by Crippen LogP contribution is 2.23. The van der Waals surface area contributed by atoms with Crippen LogP contribution in [0.3, 0.4) is 0 Å². The Balaban J connectivity index is 1.68. The summed E-state index contributed by atoms with van der Waals surface area (Å²) in [6.45, 7) is 3.71. The van der Waals surface area contributed by atoms with Crippen LogP contribution in [0.15, 0.2) is 23.2 Å². The molecule has 0 aromatic heterocycles. The lowest BCUT2D eigenvalue weighted by Crippen LogP contribution is -2.35. The summed E-state index contributed by atoms with van der Waals surface area (Å²) in [5.74, 6) is 0.831. The first kappa shape index (κ1) is 14.3. The molecule has 0 atom stereocenters. The highest BCUT2D eigenvalue weighted by molar-refractivity contribution is 5.99. The number of piperidine rings is 1. The van der Waals surface area contributed by atoms with E-state index in [1.807, 2.05) is 6.07 Å². The van der Waals surface area contributed by atoms with Crippen molar-refractivity contribution >= 4 is 5.84 Å². The second kappa shape index (κ2) is 6.43. The molecule has 1 aromatic carbocycles. The van der Waals surface area contributed by atoms with Crippen molar-refractivity contribution < 1.29 is 9.13 Å². The molecule has 1 N–H and O–H groups in total. The average Bonchev–Trinajstić information content (AvgIpc) is 2.52. The van der Waals surface area contributed by atoms with Crippen LogP contribution in [0, 0.1) is 5.82 Å². The summed E-state index contributed by atoms with van der Waals surface area (Å²) < 4.78 is 20.0. The first-order valence-corrected chi connectivity index (χ1v) is 7.66. The summed E-state index contributed by atoms with van der Waals surface area (Å²) in [4.78, 5) is 6.66. The van der Waals surface area contributed by atoms with Gasteiger partial charge in [0.2, 0.25) is 0 Å². The molecule has 21 heavy (non-hydrogen) atoms. The van der Waals surface area contributed by atoms with Gasteiger partial charge < -0.3 is 15.0 Å². The van der Waals surface area contributed by atoms with Crippen molar-refractivity contribution in [3.05, 3.63) is 29.6 Å². The molecule has 114 valence electrons. The number of benzene rings is 1. The molecular formula is C16H22FN3O. The van der Waals surface area contributed by atoms with Crippen molar-refractivity contribution in [1.29, 1.82) is 0 Å². The van der Waals surface area contributed by atoms with E-state index in [1.54, 1.807) is 6.07 Å². The number of rotatable bonds is 3. The van der Waals surface area contributed by atoms with Gasteiger partial charge in [0, 0.05) is 31.7 Å². The van der Waals surface area contributed by atoms with Crippen molar-refractivity contribution in [2.24, 2.45) is 4.99 Å². The molecular weight excluding hydrogens is 269 g/mol. The molecule has 3 rings (SSSR count). The normalized spacial score (nSPS) is 20.8. The second-order valence-corrected chi connectivity index (χ2v) is 5.78. The van der Waals surface area contributed by atoms with E-state index < -0.39 is 0 Å². The maximum atomic E-state index is 14.2. The van der Waals surface area contributed by atoms with Crippen LogP contribution in [-0.4, -0.2) is 50.1 Å². The fourth-order valence-corrected chi connectivity index (χ4v) is 2.75. The number of nitrogens with zero attached hydrogens (tertiary/aromatic N) is 2. The SMILES string of the molecule is CN1CCC(Oc2ccc(C3=NCCCN3)cc2F)CC1. The Bertz CT molecular complexity index is 524. The molecule has 2 aliphatic heterocycles. The molecule has 0 radical (unpaired) electrons. The number of hydrogen-bond donors (Lipinski definition) is 1.